The zero-order valence-corrected chi connectivity index (χ0v) is 12.1. The molecule has 0 fully saturated rings. The number of hydrogen-bond donors (Lipinski definition) is 1. The van der Waals surface area contributed by atoms with Crippen LogP contribution in [-0.4, -0.2) is 35.5 Å². The molecule has 2 rings (SSSR count). The van der Waals surface area contributed by atoms with Crippen LogP contribution in [0.1, 0.15) is 11.4 Å². The lowest BCUT2D eigenvalue weighted by Crippen LogP contribution is -2.18. The van der Waals surface area contributed by atoms with Crippen LogP contribution in [-0.2, 0) is 20.0 Å². The molecule has 0 spiro atoms. The minimum atomic E-state index is 0.741. The number of benzene rings is 1. The first kappa shape index (κ1) is 14.3. The molecule has 0 atom stereocenters. The van der Waals surface area contributed by atoms with Crippen molar-refractivity contribution < 1.29 is 9.47 Å². The van der Waals surface area contributed by atoms with Crippen LogP contribution in [0.15, 0.2) is 24.5 Å². The van der Waals surface area contributed by atoms with Crippen molar-refractivity contribution in [1.29, 1.82) is 0 Å². The predicted molar refractivity (Wildman–Crippen MR) is 76.0 cm³/mol. The van der Waals surface area contributed by atoms with Crippen molar-refractivity contribution in [3.05, 3.63) is 35.9 Å². The Bertz CT molecular complexity index is 554. The second-order valence-corrected chi connectivity index (χ2v) is 4.46. The van der Waals surface area contributed by atoms with E-state index in [1.54, 1.807) is 20.5 Å². The van der Waals surface area contributed by atoms with E-state index in [1.165, 1.54) is 0 Å². The summed E-state index contributed by atoms with van der Waals surface area (Å²) in [5, 5.41) is 11.3. The van der Waals surface area contributed by atoms with Crippen LogP contribution in [0.25, 0.3) is 0 Å². The molecule has 6 heteroatoms. The molecule has 1 N–H and O–H groups in total. The van der Waals surface area contributed by atoms with Gasteiger partial charge >= 0.3 is 0 Å². The number of rotatable bonds is 7. The standard InChI is InChI=1S/C14H20N4O2/c1-18-10-16-17-14(18)6-7-15-9-11-4-5-12(19-2)8-13(11)20-3/h4-5,8,10,15H,6-7,9H2,1-3H3. The lowest BCUT2D eigenvalue weighted by atomic mass is 10.2. The van der Waals surface area contributed by atoms with Gasteiger partial charge in [0.15, 0.2) is 0 Å². The summed E-state index contributed by atoms with van der Waals surface area (Å²) in [6, 6.07) is 5.83. The van der Waals surface area contributed by atoms with E-state index in [4.69, 9.17) is 9.47 Å². The maximum Gasteiger partial charge on any atom is 0.133 e. The Labute approximate surface area is 118 Å². The number of methoxy groups -OCH3 is 2. The predicted octanol–water partition coefficient (Wildman–Crippen LogP) is 1.16. The van der Waals surface area contributed by atoms with Gasteiger partial charge in [-0.3, -0.25) is 0 Å². The molecule has 1 aromatic carbocycles. The molecule has 108 valence electrons. The monoisotopic (exact) mass is 276 g/mol. The summed E-state index contributed by atoms with van der Waals surface area (Å²) >= 11 is 0. The number of nitrogens with one attached hydrogen (secondary N) is 1. The molecule has 0 aliphatic rings. The van der Waals surface area contributed by atoms with Crippen molar-refractivity contribution in [2.75, 3.05) is 20.8 Å². The molecule has 0 saturated carbocycles. The highest BCUT2D eigenvalue weighted by atomic mass is 16.5. The molecule has 0 amide bonds. The van der Waals surface area contributed by atoms with Gasteiger partial charge in [-0.2, -0.15) is 0 Å². The SMILES string of the molecule is COc1ccc(CNCCc2nncn2C)c(OC)c1. The Morgan fingerprint density at radius 3 is 2.75 bits per heavy atom. The topological polar surface area (TPSA) is 61.2 Å². The van der Waals surface area contributed by atoms with Crippen molar-refractivity contribution in [2.45, 2.75) is 13.0 Å². The first-order valence-corrected chi connectivity index (χ1v) is 6.49. The highest BCUT2D eigenvalue weighted by Gasteiger charge is 2.05. The average molecular weight is 276 g/mol. The molecule has 0 bridgehead atoms. The van der Waals surface area contributed by atoms with Gasteiger partial charge in [0, 0.05) is 38.2 Å². The van der Waals surface area contributed by atoms with Crippen molar-refractivity contribution in [1.82, 2.24) is 20.1 Å². The van der Waals surface area contributed by atoms with Crippen LogP contribution >= 0.6 is 0 Å². The summed E-state index contributed by atoms with van der Waals surface area (Å²) in [4.78, 5) is 0. The van der Waals surface area contributed by atoms with Crippen molar-refractivity contribution in [2.24, 2.45) is 7.05 Å². The van der Waals surface area contributed by atoms with Crippen molar-refractivity contribution in [3.8, 4) is 11.5 Å². The van der Waals surface area contributed by atoms with E-state index in [-0.39, 0.29) is 0 Å². The molecule has 0 radical (unpaired) electrons. The summed E-state index contributed by atoms with van der Waals surface area (Å²) < 4.78 is 12.5. The molecule has 6 nitrogen and oxygen atoms in total. The van der Waals surface area contributed by atoms with E-state index < -0.39 is 0 Å². The fourth-order valence-electron chi connectivity index (χ4n) is 1.95. The molecule has 0 saturated heterocycles. The minimum Gasteiger partial charge on any atom is -0.497 e. The largest absolute Gasteiger partial charge is 0.497 e. The third-order valence-electron chi connectivity index (χ3n) is 3.14. The Balaban J connectivity index is 1.86. The number of aryl methyl sites for hydroxylation is 1. The summed E-state index contributed by atoms with van der Waals surface area (Å²) in [7, 11) is 5.26. The van der Waals surface area contributed by atoms with Crippen molar-refractivity contribution in [3.63, 3.8) is 0 Å². The zero-order chi connectivity index (χ0) is 14.4. The van der Waals surface area contributed by atoms with E-state index >= 15 is 0 Å². The smallest absolute Gasteiger partial charge is 0.133 e. The van der Waals surface area contributed by atoms with E-state index in [2.05, 4.69) is 15.5 Å². The molecular weight excluding hydrogens is 256 g/mol. The van der Waals surface area contributed by atoms with Crippen LogP contribution in [0, 0.1) is 0 Å². The number of aromatic nitrogens is 3. The van der Waals surface area contributed by atoms with Gasteiger partial charge in [0.05, 0.1) is 14.2 Å². The lowest BCUT2D eigenvalue weighted by molar-refractivity contribution is 0.390. The van der Waals surface area contributed by atoms with E-state index in [0.717, 1.165) is 42.4 Å². The highest BCUT2D eigenvalue weighted by Crippen LogP contribution is 2.24. The summed E-state index contributed by atoms with van der Waals surface area (Å²) in [5.41, 5.74) is 1.10. The summed E-state index contributed by atoms with van der Waals surface area (Å²) in [6.45, 7) is 1.58. The molecule has 0 aliphatic heterocycles. The number of ether oxygens (including phenoxy) is 2. The molecular formula is C14H20N4O2. The third-order valence-corrected chi connectivity index (χ3v) is 3.14. The Morgan fingerprint density at radius 2 is 2.10 bits per heavy atom. The highest BCUT2D eigenvalue weighted by molar-refractivity contribution is 5.40. The Morgan fingerprint density at radius 1 is 1.25 bits per heavy atom. The van der Waals surface area contributed by atoms with Crippen LogP contribution in [0.2, 0.25) is 0 Å². The first-order chi connectivity index (χ1) is 9.74. The second-order valence-electron chi connectivity index (χ2n) is 4.46. The maximum atomic E-state index is 5.36. The second kappa shape index (κ2) is 6.91. The Kier molecular flexibility index (Phi) is 4.95. The van der Waals surface area contributed by atoms with Gasteiger partial charge in [-0.1, -0.05) is 6.07 Å². The van der Waals surface area contributed by atoms with Gasteiger partial charge < -0.3 is 19.4 Å². The van der Waals surface area contributed by atoms with Crippen LogP contribution < -0.4 is 14.8 Å². The van der Waals surface area contributed by atoms with E-state index in [0.29, 0.717) is 0 Å². The van der Waals surface area contributed by atoms with Gasteiger partial charge in [0.1, 0.15) is 23.7 Å². The molecule has 0 aliphatic carbocycles. The summed E-state index contributed by atoms with van der Waals surface area (Å²) in [5.74, 6) is 2.60. The van der Waals surface area contributed by atoms with Crippen molar-refractivity contribution >= 4 is 0 Å². The fourth-order valence-corrected chi connectivity index (χ4v) is 1.95. The minimum absolute atomic E-state index is 0.741. The lowest BCUT2D eigenvalue weighted by Gasteiger charge is -2.11. The van der Waals surface area contributed by atoms with Gasteiger partial charge in [0.25, 0.3) is 0 Å². The maximum absolute atomic E-state index is 5.36. The van der Waals surface area contributed by atoms with Gasteiger partial charge in [-0.05, 0) is 6.07 Å². The molecule has 2 aromatic rings. The van der Waals surface area contributed by atoms with Gasteiger partial charge in [-0.15, -0.1) is 10.2 Å². The van der Waals surface area contributed by atoms with Crippen LogP contribution in [0.4, 0.5) is 0 Å². The molecule has 1 aromatic heterocycles. The van der Waals surface area contributed by atoms with Crippen LogP contribution in [0.5, 0.6) is 11.5 Å². The Hall–Kier alpha value is -2.08. The fraction of sp³-hybridized carbons (Fsp3) is 0.429. The van der Waals surface area contributed by atoms with Gasteiger partial charge in [0.2, 0.25) is 0 Å². The average Bonchev–Trinajstić information content (AvgIpc) is 2.89. The zero-order valence-electron chi connectivity index (χ0n) is 12.1. The number of nitrogens with zero attached hydrogens (tertiary/aromatic N) is 3. The van der Waals surface area contributed by atoms with E-state index in [9.17, 15) is 0 Å². The quantitative estimate of drug-likeness (QED) is 0.769. The summed E-state index contributed by atoms with van der Waals surface area (Å²) in [6.07, 6.45) is 2.55. The third kappa shape index (κ3) is 3.48. The molecule has 20 heavy (non-hydrogen) atoms. The molecule has 1 heterocycles. The first-order valence-electron chi connectivity index (χ1n) is 6.49. The molecule has 0 unspecified atom stereocenters. The number of hydrogen-bond acceptors (Lipinski definition) is 5. The van der Waals surface area contributed by atoms with Gasteiger partial charge in [-0.25, -0.2) is 0 Å². The van der Waals surface area contributed by atoms with E-state index in [1.807, 2.05) is 29.8 Å². The van der Waals surface area contributed by atoms with Crippen LogP contribution in [0.3, 0.4) is 0 Å². The normalized spacial score (nSPS) is 10.6.